The molecule has 2 amide bonds. The Morgan fingerprint density at radius 3 is 2.16 bits per heavy atom. The number of allylic oxidation sites excluding steroid dienone is 1. The summed E-state index contributed by atoms with van der Waals surface area (Å²) in [7, 11) is 0. The van der Waals surface area contributed by atoms with Crippen LogP contribution in [0.5, 0.6) is 0 Å². The highest BCUT2D eigenvalue weighted by Crippen LogP contribution is 2.45. The number of hydrogen-bond acceptors (Lipinski definition) is 3. The molecule has 0 aromatic heterocycles. The highest BCUT2D eigenvalue weighted by molar-refractivity contribution is 6.11. The van der Waals surface area contributed by atoms with Gasteiger partial charge in [-0.3, -0.25) is 14.4 Å². The summed E-state index contributed by atoms with van der Waals surface area (Å²) < 4.78 is 41.6. The van der Waals surface area contributed by atoms with Crippen molar-refractivity contribution in [3.63, 3.8) is 0 Å². The van der Waals surface area contributed by atoms with Crippen molar-refractivity contribution in [3.05, 3.63) is 47.2 Å². The number of benzene rings is 1. The zero-order valence-electron chi connectivity index (χ0n) is 13.9. The molecular formula is C17H17F3N2O3. The van der Waals surface area contributed by atoms with Gasteiger partial charge < -0.3 is 10.2 Å². The molecule has 0 bridgehead atoms. The molecule has 0 radical (unpaired) electrons. The van der Waals surface area contributed by atoms with Crippen molar-refractivity contribution in [2.45, 2.75) is 39.0 Å². The number of Topliss-reactive ketones (excluding diaryl/α,β-unsaturated/α-hetero) is 1. The van der Waals surface area contributed by atoms with Crippen LogP contribution in [0.4, 0.5) is 13.2 Å². The van der Waals surface area contributed by atoms with Crippen LogP contribution in [0.2, 0.25) is 0 Å². The van der Waals surface area contributed by atoms with Crippen molar-refractivity contribution in [1.29, 1.82) is 0 Å². The molecule has 1 aliphatic heterocycles. The lowest BCUT2D eigenvalue weighted by molar-refractivity contribution is -0.194. The van der Waals surface area contributed by atoms with Crippen molar-refractivity contribution in [2.75, 3.05) is 0 Å². The summed E-state index contributed by atoms with van der Waals surface area (Å²) in [5.74, 6) is -3.37. The number of ketones is 1. The van der Waals surface area contributed by atoms with Gasteiger partial charge in [0.1, 0.15) is 0 Å². The van der Waals surface area contributed by atoms with E-state index in [-0.39, 0.29) is 12.2 Å². The summed E-state index contributed by atoms with van der Waals surface area (Å²) in [4.78, 5) is 37.0. The molecule has 1 aromatic rings. The van der Waals surface area contributed by atoms with Gasteiger partial charge in [0.2, 0.25) is 11.4 Å². The summed E-state index contributed by atoms with van der Waals surface area (Å²) in [6.45, 7) is 2.95. The van der Waals surface area contributed by atoms with Gasteiger partial charge in [0.25, 0.3) is 5.91 Å². The topological polar surface area (TPSA) is 66.5 Å². The highest BCUT2D eigenvalue weighted by Gasteiger charge is 2.69. The molecule has 134 valence electrons. The predicted molar refractivity (Wildman–Crippen MR) is 83.0 cm³/mol. The Labute approximate surface area is 142 Å². The first-order valence-corrected chi connectivity index (χ1v) is 7.46. The van der Waals surface area contributed by atoms with Crippen LogP contribution in [-0.4, -0.2) is 34.2 Å². The molecule has 2 rings (SSSR count). The average molecular weight is 354 g/mol. The molecule has 5 nitrogen and oxygen atoms in total. The van der Waals surface area contributed by atoms with Crippen LogP contribution in [0.25, 0.3) is 0 Å². The van der Waals surface area contributed by atoms with E-state index in [0.717, 1.165) is 18.7 Å². The predicted octanol–water partition coefficient (Wildman–Crippen LogP) is 2.33. The fourth-order valence-electron chi connectivity index (χ4n) is 3.06. The second-order valence-corrected chi connectivity index (χ2v) is 5.82. The van der Waals surface area contributed by atoms with Crippen LogP contribution in [-0.2, 0) is 20.9 Å². The van der Waals surface area contributed by atoms with Crippen LogP contribution in [0.3, 0.4) is 0 Å². The van der Waals surface area contributed by atoms with Crippen molar-refractivity contribution in [2.24, 2.45) is 0 Å². The second kappa shape index (κ2) is 6.34. The molecule has 0 saturated heterocycles. The Balaban J connectivity index is 2.62. The molecule has 8 heteroatoms. The number of nitrogens with one attached hydrogen (secondary N) is 1. The minimum absolute atomic E-state index is 0.118. The summed E-state index contributed by atoms with van der Waals surface area (Å²) in [6.07, 6.45) is -5.16. The molecule has 1 N–H and O–H groups in total. The van der Waals surface area contributed by atoms with Gasteiger partial charge in [-0.2, -0.15) is 13.2 Å². The third-order valence-corrected chi connectivity index (χ3v) is 4.03. The van der Waals surface area contributed by atoms with Crippen molar-refractivity contribution in [3.8, 4) is 0 Å². The number of alkyl halides is 3. The van der Waals surface area contributed by atoms with Gasteiger partial charge in [0.05, 0.1) is 12.1 Å². The van der Waals surface area contributed by atoms with E-state index in [0.29, 0.717) is 5.56 Å². The van der Waals surface area contributed by atoms with Crippen LogP contribution >= 0.6 is 0 Å². The first kappa shape index (κ1) is 18.7. The number of rotatable bonds is 4. The van der Waals surface area contributed by atoms with E-state index < -0.39 is 34.9 Å². The summed E-state index contributed by atoms with van der Waals surface area (Å²) in [5, 5.41) is 1.69. The molecule has 1 aromatic carbocycles. The van der Waals surface area contributed by atoms with E-state index in [9.17, 15) is 27.6 Å². The Morgan fingerprint density at radius 1 is 1.16 bits per heavy atom. The lowest BCUT2D eigenvalue weighted by Crippen LogP contribution is -2.65. The lowest BCUT2D eigenvalue weighted by atomic mass is 9.87. The van der Waals surface area contributed by atoms with E-state index in [1.165, 1.54) is 6.92 Å². The lowest BCUT2D eigenvalue weighted by Gasteiger charge is -2.32. The molecule has 1 aliphatic rings. The number of hydrogen-bond donors (Lipinski definition) is 1. The van der Waals surface area contributed by atoms with Crippen LogP contribution in [0, 0.1) is 0 Å². The fraction of sp³-hybridized carbons (Fsp3) is 0.353. The largest absolute Gasteiger partial charge is 0.425 e. The van der Waals surface area contributed by atoms with Crippen molar-refractivity contribution < 1.29 is 27.6 Å². The molecule has 1 heterocycles. The molecule has 0 aliphatic carbocycles. The minimum atomic E-state index is -5.16. The van der Waals surface area contributed by atoms with Gasteiger partial charge >= 0.3 is 6.18 Å². The van der Waals surface area contributed by atoms with E-state index in [4.69, 9.17) is 0 Å². The first-order chi connectivity index (χ1) is 11.5. The zero-order chi connectivity index (χ0) is 19.0. The van der Waals surface area contributed by atoms with Crippen LogP contribution in [0.15, 0.2) is 41.6 Å². The Bertz CT molecular complexity index is 756. The third-order valence-electron chi connectivity index (χ3n) is 4.03. The smallest absolute Gasteiger partial charge is 0.331 e. The number of carbonyl (C=O) groups excluding carboxylic acids is 3. The fourth-order valence-corrected chi connectivity index (χ4v) is 3.06. The maximum Gasteiger partial charge on any atom is 0.425 e. The van der Waals surface area contributed by atoms with Crippen LogP contribution < -0.4 is 5.32 Å². The first-order valence-electron chi connectivity index (χ1n) is 7.46. The number of halogens is 3. The van der Waals surface area contributed by atoms with E-state index in [1.54, 1.807) is 35.6 Å². The molecule has 25 heavy (non-hydrogen) atoms. The average Bonchev–Trinajstić information content (AvgIpc) is 2.69. The molecule has 1 atom stereocenters. The van der Waals surface area contributed by atoms with Crippen molar-refractivity contribution in [1.82, 2.24) is 10.2 Å². The standard InChI is InChI=1S/C17H17F3N2O3/c1-10-14(11(2)23)16(17(18,19)20,21-12(3)24)15(25)22(10)9-13-7-5-4-6-8-13/h4-8H,9H2,1-3H3,(H,21,24)/t16-/m0/s1. The number of carbonyl (C=O) groups is 3. The van der Waals surface area contributed by atoms with Gasteiger partial charge in [-0.15, -0.1) is 0 Å². The Morgan fingerprint density at radius 2 is 1.72 bits per heavy atom. The molecule has 0 fully saturated rings. The molecular weight excluding hydrogens is 337 g/mol. The SMILES string of the molecule is CC(=O)N[C@]1(C(F)(F)F)C(=O)N(Cc2ccccc2)C(C)=C1C(C)=O. The van der Waals surface area contributed by atoms with E-state index in [1.807, 2.05) is 0 Å². The molecule has 0 unspecified atom stereocenters. The number of nitrogens with zero attached hydrogens (tertiary/aromatic N) is 1. The monoisotopic (exact) mass is 354 g/mol. The van der Waals surface area contributed by atoms with Gasteiger partial charge in [-0.25, -0.2) is 0 Å². The summed E-state index contributed by atoms with van der Waals surface area (Å²) in [6, 6.07) is 8.41. The third kappa shape index (κ3) is 3.04. The second-order valence-electron chi connectivity index (χ2n) is 5.82. The Hall–Kier alpha value is -2.64. The zero-order valence-corrected chi connectivity index (χ0v) is 13.9. The maximum absolute atomic E-state index is 13.9. The van der Waals surface area contributed by atoms with E-state index >= 15 is 0 Å². The molecule has 0 saturated carbocycles. The normalized spacial score (nSPS) is 20.9. The van der Waals surface area contributed by atoms with E-state index in [2.05, 4.69) is 0 Å². The van der Waals surface area contributed by atoms with Gasteiger partial charge in [-0.1, -0.05) is 30.3 Å². The quantitative estimate of drug-likeness (QED) is 0.902. The maximum atomic E-state index is 13.9. The Kier molecular flexibility index (Phi) is 4.74. The minimum Gasteiger partial charge on any atom is -0.331 e. The summed E-state index contributed by atoms with van der Waals surface area (Å²) in [5.41, 5.74) is -3.63. The van der Waals surface area contributed by atoms with Gasteiger partial charge in [0, 0.05) is 12.6 Å². The van der Waals surface area contributed by atoms with Gasteiger partial charge in [0.15, 0.2) is 5.78 Å². The highest BCUT2D eigenvalue weighted by atomic mass is 19.4. The van der Waals surface area contributed by atoms with Crippen molar-refractivity contribution >= 4 is 17.6 Å². The van der Waals surface area contributed by atoms with Gasteiger partial charge in [-0.05, 0) is 19.4 Å². The molecule has 0 spiro atoms. The summed E-state index contributed by atoms with van der Waals surface area (Å²) >= 11 is 0. The number of amides is 2. The van der Waals surface area contributed by atoms with Crippen LogP contribution in [0.1, 0.15) is 26.3 Å².